The van der Waals surface area contributed by atoms with Gasteiger partial charge in [-0.25, -0.2) is 9.97 Å². The summed E-state index contributed by atoms with van der Waals surface area (Å²) in [7, 11) is 0. The van der Waals surface area contributed by atoms with Gasteiger partial charge in [0.25, 0.3) is 5.91 Å². The topological polar surface area (TPSA) is 136 Å². The number of hydrogen-bond acceptors (Lipinski definition) is 7. The van der Waals surface area contributed by atoms with E-state index in [4.69, 9.17) is 10.1 Å². The molecular formula is C30H32N4O5. The predicted molar refractivity (Wildman–Crippen MR) is 145 cm³/mol. The van der Waals surface area contributed by atoms with Crippen molar-refractivity contribution in [2.24, 2.45) is 11.8 Å². The molecule has 7 aliphatic rings. The molecule has 1 aromatic carbocycles. The quantitative estimate of drug-likeness (QED) is 0.431. The molecule has 6 heterocycles. The standard InChI is InChI=1S/C30H32N4O5/c1-16(28-32-17(2)27(38)26(33-28)29(39)31-14-24(36)37)30(25-18-3-4-19(25)6-5-18)21-9-11-34(12-10-21)23-8-7-22(30)13-20(23)15-35/h3-8,13,16,21,25,35,38H,9-12,14-15H2,1-2H3,(H,31,39)(H,36,37). The number of amides is 1. The molecule has 5 aliphatic heterocycles. The smallest absolute Gasteiger partial charge is 0.322 e. The number of anilines is 1. The van der Waals surface area contributed by atoms with Gasteiger partial charge in [0, 0.05) is 41.6 Å². The number of carboxylic acid groups (broad SMARTS) is 1. The number of piperidine rings is 1. The van der Waals surface area contributed by atoms with E-state index in [1.54, 1.807) is 6.92 Å². The molecule has 2 unspecified atom stereocenters. The molecule has 1 saturated heterocycles. The number of benzene rings is 1. The van der Waals surface area contributed by atoms with E-state index in [2.05, 4.69) is 64.6 Å². The van der Waals surface area contributed by atoms with Crippen LogP contribution in [-0.2, 0) is 16.8 Å². The third-order valence-corrected chi connectivity index (χ3v) is 9.14. The maximum atomic E-state index is 12.9. The highest BCUT2D eigenvalue weighted by Gasteiger charge is 2.56. The molecule has 1 amide bonds. The number of aromatic hydroxyl groups is 1. The number of aliphatic hydroxyl groups is 1. The van der Waals surface area contributed by atoms with Gasteiger partial charge in [-0.3, -0.25) is 9.59 Å². The molecule has 1 fully saturated rings. The second kappa shape index (κ2) is 9.34. The van der Waals surface area contributed by atoms with Crippen LogP contribution in [0.2, 0.25) is 0 Å². The van der Waals surface area contributed by atoms with E-state index >= 15 is 0 Å². The Balaban J connectivity index is 1.56. The molecule has 2 aliphatic carbocycles. The second-order valence-electron chi connectivity index (χ2n) is 11.0. The Labute approximate surface area is 226 Å². The van der Waals surface area contributed by atoms with Gasteiger partial charge in [0.1, 0.15) is 12.4 Å². The van der Waals surface area contributed by atoms with Crippen molar-refractivity contribution in [2.75, 3.05) is 24.5 Å². The van der Waals surface area contributed by atoms with Gasteiger partial charge in [-0.2, -0.15) is 0 Å². The van der Waals surface area contributed by atoms with E-state index in [1.165, 1.54) is 11.1 Å². The maximum absolute atomic E-state index is 12.9. The van der Waals surface area contributed by atoms with E-state index < -0.39 is 23.8 Å². The van der Waals surface area contributed by atoms with Crippen molar-refractivity contribution in [3.8, 4) is 5.75 Å². The van der Waals surface area contributed by atoms with Crippen molar-refractivity contribution in [3.63, 3.8) is 0 Å². The van der Waals surface area contributed by atoms with Crippen LogP contribution >= 0.6 is 0 Å². The molecule has 202 valence electrons. The fourth-order valence-corrected chi connectivity index (χ4v) is 7.40. The van der Waals surface area contributed by atoms with Crippen molar-refractivity contribution < 1.29 is 24.9 Å². The number of aliphatic hydroxyl groups excluding tert-OH is 1. The summed E-state index contributed by atoms with van der Waals surface area (Å²) in [5.74, 6) is -1.85. The summed E-state index contributed by atoms with van der Waals surface area (Å²) in [6.45, 7) is 4.83. The number of aliphatic carboxylic acids is 1. The van der Waals surface area contributed by atoms with Gasteiger partial charge in [0.05, 0.1) is 12.3 Å². The number of carbonyl (C=O) groups is 2. The summed E-state index contributed by atoms with van der Waals surface area (Å²) < 4.78 is 0. The number of carbonyl (C=O) groups excluding carboxylic acids is 1. The van der Waals surface area contributed by atoms with Crippen molar-refractivity contribution in [1.82, 2.24) is 15.3 Å². The molecule has 6 bridgehead atoms. The molecule has 0 saturated carbocycles. The number of hydrogen-bond donors (Lipinski definition) is 4. The number of aromatic nitrogens is 2. The van der Waals surface area contributed by atoms with Gasteiger partial charge < -0.3 is 25.5 Å². The first-order chi connectivity index (χ1) is 18.7. The zero-order valence-corrected chi connectivity index (χ0v) is 22.0. The first kappa shape index (κ1) is 25.3. The van der Waals surface area contributed by atoms with Crippen molar-refractivity contribution in [1.29, 1.82) is 0 Å². The minimum atomic E-state index is -1.19. The Bertz CT molecular complexity index is 1450. The van der Waals surface area contributed by atoms with Gasteiger partial charge in [-0.05, 0) is 48.5 Å². The third kappa shape index (κ3) is 3.78. The lowest BCUT2D eigenvalue weighted by molar-refractivity contribution is -0.135. The molecule has 2 aromatic rings. The van der Waals surface area contributed by atoms with E-state index in [0.717, 1.165) is 42.7 Å². The van der Waals surface area contributed by atoms with Crippen LogP contribution in [0.5, 0.6) is 5.75 Å². The Morgan fingerprint density at radius 1 is 1.15 bits per heavy atom. The van der Waals surface area contributed by atoms with Crippen LogP contribution in [0.4, 0.5) is 5.69 Å². The van der Waals surface area contributed by atoms with Gasteiger partial charge in [-0.1, -0.05) is 43.4 Å². The lowest BCUT2D eigenvalue weighted by Gasteiger charge is -2.51. The minimum absolute atomic E-state index is 0.0570. The minimum Gasteiger partial charge on any atom is -0.504 e. The van der Waals surface area contributed by atoms with Crippen LogP contribution < -0.4 is 10.2 Å². The maximum Gasteiger partial charge on any atom is 0.322 e. The number of aryl methyl sites for hydroxylation is 1. The fraction of sp³-hybridized carbons (Fsp3) is 0.400. The van der Waals surface area contributed by atoms with Gasteiger partial charge in [-0.15, -0.1) is 0 Å². The lowest BCUT2D eigenvalue weighted by Crippen LogP contribution is -2.50. The summed E-state index contributed by atoms with van der Waals surface area (Å²) in [5.41, 5.74) is 5.07. The fourth-order valence-electron chi connectivity index (χ4n) is 7.40. The van der Waals surface area contributed by atoms with Gasteiger partial charge in [0.15, 0.2) is 11.4 Å². The normalized spacial score (nSPS) is 23.8. The lowest BCUT2D eigenvalue weighted by atomic mass is 9.52. The summed E-state index contributed by atoms with van der Waals surface area (Å²) in [6.07, 6.45) is 10.6. The average molecular weight is 529 g/mol. The van der Waals surface area contributed by atoms with Gasteiger partial charge in [0.2, 0.25) is 0 Å². The number of nitrogens with one attached hydrogen (secondary N) is 1. The van der Waals surface area contributed by atoms with Crippen molar-refractivity contribution in [3.05, 3.63) is 82.0 Å². The number of rotatable bonds is 7. The van der Waals surface area contributed by atoms with Crippen LogP contribution in [0.25, 0.3) is 0 Å². The molecule has 9 rings (SSSR count). The summed E-state index contributed by atoms with van der Waals surface area (Å²) in [4.78, 5) is 35.6. The molecule has 9 heteroatoms. The van der Waals surface area contributed by atoms with Crippen LogP contribution in [-0.4, -0.2) is 56.8 Å². The molecule has 1 aromatic heterocycles. The monoisotopic (exact) mass is 528 g/mol. The molecule has 2 atom stereocenters. The van der Waals surface area contributed by atoms with Crippen molar-refractivity contribution in [2.45, 2.75) is 44.6 Å². The van der Waals surface area contributed by atoms with E-state index in [0.29, 0.717) is 5.82 Å². The second-order valence-corrected chi connectivity index (χ2v) is 11.0. The molecule has 0 spiro atoms. The van der Waals surface area contributed by atoms with Crippen LogP contribution in [0.15, 0.2) is 53.6 Å². The number of fused-ring (bicyclic) bond motifs is 2. The molecule has 9 nitrogen and oxygen atoms in total. The highest BCUT2D eigenvalue weighted by atomic mass is 16.4. The Hall–Kier alpha value is -3.98. The highest BCUT2D eigenvalue weighted by molar-refractivity contribution is 5.96. The molecule has 39 heavy (non-hydrogen) atoms. The Morgan fingerprint density at radius 3 is 2.46 bits per heavy atom. The van der Waals surface area contributed by atoms with Crippen LogP contribution in [0, 0.1) is 18.8 Å². The zero-order valence-electron chi connectivity index (χ0n) is 22.0. The molecule has 0 radical (unpaired) electrons. The predicted octanol–water partition coefficient (Wildman–Crippen LogP) is 3.12. The Kier molecular flexibility index (Phi) is 6.06. The summed E-state index contributed by atoms with van der Waals surface area (Å²) in [6, 6.07) is 6.43. The van der Waals surface area contributed by atoms with Crippen LogP contribution in [0.3, 0.4) is 0 Å². The average Bonchev–Trinajstić information content (AvgIpc) is 3.57. The zero-order chi connectivity index (χ0) is 27.5. The first-order valence-corrected chi connectivity index (χ1v) is 13.4. The van der Waals surface area contributed by atoms with E-state index in [1.807, 2.05) is 0 Å². The van der Waals surface area contributed by atoms with Crippen LogP contribution in [0.1, 0.15) is 58.8 Å². The number of allylic oxidation sites excluding steroid dienone is 6. The largest absolute Gasteiger partial charge is 0.504 e. The first-order valence-electron chi connectivity index (χ1n) is 13.4. The third-order valence-electron chi connectivity index (χ3n) is 9.14. The van der Waals surface area contributed by atoms with Gasteiger partial charge >= 0.3 is 5.97 Å². The highest BCUT2D eigenvalue weighted by Crippen LogP contribution is 2.61. The molecular weight excluding hydrogens is 496 g/mol. The van der Waals surface area contributed by atoms with Crippen molar-refractivity contribution >= 4 is 17.6 Å². The summed E-state index contributed by atoms with van der Waals surface area (Å²) in [5, 5.41) is 32.4. The Morgan fingerprint density at radius 2 is 1.85 bits per heavy atom. The van der Waals surface area contributed by atoms with E-state index in [-0.39, 0.29) is 41.5 Å². The number of nitrogens with zero attached hydrogens (tertiary/aromatic N) is 3. The SMILES string of the molecule is Cc1nc(C(C)C2(C3C4=CC=C3C=C4)c3ccc(c(CO)c3)N3CCC2CC3)nc(C(=O)NCC(=O)O)c1O. The molecule has 4 N–H and O–H groups in total. The number of carboxylic acids is 1. The summed E-state index contributed by atoms with van der Waals surface area (Å²) >= 11 is 0. The van der Waals surface area contributed by atoms with E-state index in [9.17, 15) is 19.8 Å².